The second-order valence-corrected chi connectivity index (χ2v) is 10.2. The first-order valence-corrected chi connectivity index (χ1v) is 14.0. The topological polar surface area (TPSA) is 134 Å². The van der Waals surface area contributed by atoms with Crippen molar-refractivity contribution in [2.24, 2.45) is 0 Å². The lowest BCUT2D eigenvalue weighted by atomic mass is 10.1. The highest BCUT2D eigenvalue weighted by Gasteiger charge is 2.19. The van der Waals surface area contributed by atoms with Crippen molar-refractivity contribution < 1.29 is 19.1 Å². The molecule has 1 saturated heterocycles. The lowest BCUT2D eigenvalue weighted by Crippen LogP contribution is -2.37. The van der Waals surface area contributed by atoms with Crippen LogP contribution in [0.2, 0.25) is 0 Å². The van der Waals surface area contributed by atoms with Gasteiger partial charge in [-0.1, -0.05) is 6.08 Å². The van der Waals surface area contributed by atoms with Crippen LogP contribution in [0.1, 0.15) is 22.6 Å². The van der Waals surface area contributed by atoms with E-state index in [9.17, 15) is 9.59 Å². The lowest BCUT2D eigenvalue weighted by molar-refractivity contribution is 0.0951. The van der Waals surface area contributed by atoms with Gasteiger partial charge in [-0.05, 0) is 74.6 Å². The third kappa shape index (κ3) is 7.87. The number of likely N-dealkylation sites (N-methyl/N-ethyl adjacent to an activating group) is 1. The summed E-state index contributed by atoms with van der Waals surface area (Å²) in [6.07, 6.45) is 2.77. The van der Waals surface area contributed by atoms with E-state index in [0.29, 0.717) is 67.5 Å². The monoisotopic (exact) mass is 572 g/mol. The molecule has 3 N–H and O–H groups in total. The Labute approximate surface area is 245 Å². The minimum absolute atomic E-state index is 0.153. The summed E-state index contributed by atoms with van der Waals surface area (Å²) in [5.74, 6) is 1.70. The molecule has 220 valence electrons. The molecule has 1 fully saturated rings. The van der Waals surface area contributed by atoms with Gasteiger partial charge in [-0.3, -0.25) is 4.79 Å². The molecule has 3 heterocycles. The summed E-state index contributed by atoms with van der Waals surface area (Å²) in [4.78, 5) is 43.3. The van der Waals surface area contributed by atoms with Gasteiger partial charge in [-0.25, -0.2) is 9.78 Å². The number of carbonyl (C=O) groups excluding carboxylic acids is 2. The Morgan fingerprint density at radius 2 is 1.52 bits per heavy atom. The molecule has 0 unspecified atom stereocenters. The zero-order valence-corrected chi connectivity index (χ0v) is 23.9. The summed E-state index contributed by atoms with van der Waals surface area (Å²) in [6.45, 7) is 5.20. The number of benzene rings is 2. The van der Waals surface area contributed by atoms with Gasteiger partial charge in [-0.2, -0.15) is 9.97 Å². The van der Waals surface area contributed by atoms with Crippen LogP contribution in [0.5, 0.6) is 0 Å². The van der Waals surface area contributed by atoms with E-state index >= 15 is 0 Å². The molecule has 0 aliphatic carbocycles. The first-order chi connectivity index (χ1) is 20.4. The van der Waals surface area contributed by atoms with Crippen molar-refractivity contribution in [2.45, 2.75) is 6.42 Å². The average molecular weight is 573 g/mol. The van der Waals surface area contributed by atoms with Gasteiger partial charge < -0.3 is 35.2 Å². The summed E-state index contributed by atoms with van der Waals surface area (Å²) in [6, 6.07) is 13.7. The molecule has 1 aromatic heterocycles. The van der Waals surface area contributed by atoms with Crippen molar-refractivity contribution >= 4 is 34.8 Å². The van der Waals surface area contributed by atoms with Crippen LogP contribution in [0.25, 0.3) is 17.0 Å². The fourth-order valence-corrected chi connectivity index (χ4v) is 4.47. The maximum Gasteiger partial charge on any atom is 0.323 e. The van der Waals surface area contributed by atoms with Gasteiger partial charge >= 0.3 is 6.03 Å². The average Bonchev–Trinajstić information content (AvgIpc) is 3.02. The lowest BCUT2D eigenvalue weighted by Gasteiger charge is -2.27. The third-order valence-corrected chi connectivity index (χ3v) is 6.82. The Bertz CT molecular complexity index is 1400. The number of carbonyl (C=O) groups is 2. The van der Waals surface area contributed by atoms with Gasteiger partial charge in [0, 0.05) is 48.7 Å². The maximum absolute atomic E-state index is 12.6. The van der Waals surface area contributed by atoms with Gasteiger partial charge in [0.05, 0.1) is 26.4 Å². The smallest absolute Gasteiger partial charge is 0.323 e. The van der Waals surface area contributed by atoms with Gasteiger partial charge in [0.15, 0.2) is 11.6 Å². The number of aromatic nitrogens is 3. The Hall–Kier alpha value is -4.39. The van der Waals surface area contributed by atoms with Crippen LogP contribution >= 0.6 is 0 Å². The zero-order chi connectivity index (χ0) is 29.3. The summed E-state index contributed by atoms with van der Waals surface area (Å²) in [5, 5.41) is 8.50. The molecule has 0 spiro atoms. The summed E-state index contributed by atoms with van der Waals surface area (Å²) < 4.78 is 11.0. The number of nitrogens with zero attached hydrogens (tertiary/aromatic N) is 5. The number of urea groups is 1. The number of ether oxygens (including phenoxy) is 2. The predicted molar refractivity (Wildman–Crippen MR) is 162 cm³/mol. The van der Waals surface area contributed by atoms with Crippen LogP contribution in [-0.4, -0.2) is 98.5 Å². The zero-order valence-electron chi connectivity index (χ0n) is 23.9. The summed E-state index contributed by atoms with van der Waals surface area (Å²) >= 11 is 0. The van der Waals surface area contributed by atoms with E-state index in [0.717, 1.165) is 37.2 Å². The van der Waals surface area contributed by atoms with Crippen LogP contribution in [0.15, 0.2) is 54.6 Å². The van der Waals surface area contributed by atoms with Crippen LogP contribution < -0.4 is 20.9 Å². The Kier molecular flexibility index (Phi) is 9.70. The minimum Gasteiger partial charge on any atom is -0.378 e. The molecule has 0 atom stereocenters. The van der Waals surface area contributed by atoms with E-state index in [1.807, 2.05) is 49.3 Å². The van der Waals surface area contributed by atoms with Gasteiger partial charge in [0.25, 0.3) is 5.91 Å². The first kappa shape index (κ1) is 29.1. The van der Waals surface area contributed by atoms with Crippen molar-refractivity contribution in [3.63, 3.8) is 0 Å². The van der Waals surface area contributed by atoms with E-state index in [1.165, 1.54) is 0 Å². The number of morpholine rings is 1. The summed E-state index contributed by atoms with van der Waals surface area (Å²) in [7, 11) is 3.90. The largest absolute Gasteiger partial charge is 0.378 e. The molecule has 12 nitrogen and oxygen atoms in total. The highest BCUT2D eigenvalue weighted by atomic mass is 16.5. The van der Waals surface area contributed by atoms with Crippen LogP contribution in [0, 0.1) is 0 Å². The molecule has 0 saturated carbocycles. The van der Waals surface area contributed by atoms with Gasteiger partial charge in [0.2, 0.25) is 5.95 Å². The Morgan fingerprint density at radius 3 is 2.17 bits per heavy atom. The van der Waals surface area contributed by atoms with Crippen molar-refractivity contribution in [3.8, 4) is 11.4 Å². The number of hydrogen-bond acceptors (Lipinski definition) is 9. The summed E-state index contributed by atoms with van der Waals surface area (Å²) in [5.41, 5.74) is 3.58. The molecule has 12 heteroatoms. The number of rotatable bonds is 9. The molecule has 3 aromatic rings. The van der Waals surface area contributed by atoms with E-state index < -0.39 is 6.03 Å². The van der Waals surface area contributed by atoms with Crippen LogP contribution in [0.4, 0.5) is 22.1 Å². The molecule has 0 radical (unpaired) electrons. The Balaban J connectivity index is 1.23. The standard InChI is InChI=1S/C30H36N8O4/c1-37(2)14-13-31-28(39)23-5-9-25(10-6-23)33-30(40)32-24-7-3-21(4-8-24)26-34-27(22-11-17-41-18-12-22)36-29(35-26)38-15-19-42-20-16-38/h3-11H,12-20H2,1-2H3,(H,31,39)(H2,32,33,40). The molecule has 5 rings (SSSR count). The van der Waals surface area contributed by atoms with Gasteiger partial charge in [0.1, 0.15) is 0 Å². The molecule has 2 aliphatic rings. The number of hydrogen-bond donors (Lipinski definition) is 3. The SMILES string of the molecule is CN(C)CCNC(=O)c1ccc(NC(=O)Nc2ccc(-c3nc(C4=CCOCC4)nc(N4CCOCC4)n3)cc2)cc1. The predicted octanol–water partition coefficient (Wildman–Crippen LogP) is 3.11. The molecular weight excluding hydrogens is 536 g/mol. The third-order valence-electron chi connectivity index (χ3n) is 6.82. The van der Waals surface area contributed by atoms with Crippen LogP contribution in [0.3, 0.4) is 0 Å². The first-order valence-electron chi connectivity index (χ1n) is 14.0. The number of anilines is 3. The second-order valence-electron chi connectivity index (χ2n) is 10.2. The van der Waals surface area contributed by atoms with Crippen molar-refractivity contribution in [2.75, 3.05) is 82.2 Å². The second kappa shape index (κ2) is 14.0. The normalized spacial score (nSPS) is 15.2. The fourth-order valence-electron chi connectivity index (χ4n) is 4.47. The van der Waals surface area contributed by atoms with Crippen LogP contribution in [-0.2, 0) is 9.47 Å². The molecular formula is C30H36N8O4. The van der Waals surface area contributed by atoms with Crippen molar-refractivity contribution in [1.29, 1.82) is 0 Å². The van der Waals surface area contributed by atoms with Gasteiger partial charge in [-0.15, -0.1) is 0 Å². The van der Waals surface area contributed by atoms with E-state index in [-0.39, 0.29) is 5.91 Å². The number of amides is 3. The fraction of sp³-hybridized carbons (Fsp3) is 0.367. The molecule has 42 heavy (non-hydrogen) atoms. The highest BCUT2D eigenvalue weighted by molar-refractivity contribution is 6.00. The molecule has 3 amide bonds. The number of nitrogens with one attached hydrogen (secondary N) is 3. The van der Waals surface area contributed by atoms with E-state index in [4.69, 9.17) is 24.4 Å². The molecule has 0 bridgehead atoms. The molecule has 2 aromatic carbocycles. The van der Waals surface area contributed by atoms with E-state index in [2.05, 4.69) is 20.9 Å². The highest BCUT2D eigenvalue weighted by Crippen LogP contribution is 2.25. The molecule has 2 aliphatic heterocycles. The maximum atomic E-state index is 12.6. The van der Waals surface area contributed by atoms with Crippen molar-refractivity contribution in [3.05, 3.63) is 66.0 Å². The van der Waals surface area contributed by atoms with E-state index in [1.54, 1.807) is 24.3 Å². The van der Waals surface area contributed by atoms with Crippen molar-refractivity contribution in [1.82, 2.24) is 25.2 Å². The Morgan fingerprint density at radius 1 is 0.857 bits per heavy atom. The quantitative estimate of drug-likeness (QED) is 0.354. The minimum atomic E-state index is -0.394.